The first-order valence-corrected chi connectivity index (χ1v) is 9.97. The molecule has 0 aliphatic heterocycles. The third-order valence-corrected chi connectivity index (χ3v) is 4.41. The number of anilines is 1. The number of rotatable bonds is 9. The minimum Gasteiger partial charge on any atom is -0.490 e. The summed E-state index contributed by atoms with van der Waals surface area (Å²) >= 11 is 0. The van der Waals surface area contributed by atoms with Crippen LogP contribution >= 0.6 is 0 Å². The Kier molecular flexibility index (Phi) is 8.25. The highest BCUT2D eigenvalue weighted by Crippen LogP contribution is 2.34. The Morgan fingerprint density at radius 1 is 1.17 bits per heavy atom. The molecule has 0 aliphatic carbocycles. The van der Waals surface area contributed by atoms with E-state index in [1.54, 1.807) is 18.2 Å². The number of hydrogen-bond acceptors (Lipinski definition) is 4. The molecule has 0 unspecified atom stereocenters. The van der Waals surface area contributed by atoms with E-state index in [9.17, 15) is 10.1 Å². The van der Waals surface area contributed by atoms with Crippen molar-refractivity contribution >= 4 is 17.7 Å². The van der Waals surface area contributed by atoms with Crippen LogP contribution in [0.2, 0.25) is 0 Å². The molecule has 0 aliphatic rings. The molecule has 0 radical (unpaired) electrons. The molecule has 5 heteroatoms. The monoisotopic (exact) mass is 404 g/mol. The van der Waals surface area contributed by atoms with Gasteiger partial charge in [0.1, 0.15) is 11.6 Å². The van der Waals surface area contributed by atoms with Gasteiger partial charge < -0.3 is 14.8 Å². The molecule has 0 saturated heterocycles. The predicted octanol–water partition coefficient (Wildman–Crippen LogP) is 5.38. The molecule has 0 spiro atoms. The number of nitrogens with zero attached hydrogens (tertiary/aromatic N) is 1. The molecule has 5 nitrogen and oxygen atoms in total. The number of carbonyl (C=O) groups is 1. The maximum absolute atomic E-state index is 12.7. The zero-order valence-electron chi connectivity index (χ0n) is 18.0. The lowest BCUT2D eigenvalue weighted by Crippen LogP contribution is -2.14. The summed E-state index contributed by atoms with van der Waals surface area (Å²) in [6.07, 6.45) is 3.91. The molecule has 1 amide bonds. The summed E-state index contributed by atoms with van der Waals surface area (Å²) in [5.41, 5.74) is 4.30. The first-order valence-electron chi connectivity index (χ1n) is 9.97. The van der Waals surface area contributed by atoms with Crippen molar-refractivity contribution in [3.05, 3.63) is 70.8 Å². The molecule has 2 rings (SSSR count). The van der Waals surface area contributed by atoms with E-state index in [1.807, 2.05) is 58.0 Å². The zero-order chi connectivity index (χ0) is 22.1. The van der Waals surface area contributed by atoms with Gasteiger partial charge in [0.05, 0.1) is 13.2 Å². The van der Waals surface area contributed by atoms with Crippen LogP contribution in [0, 0.1) is 25.2 Å². The summed E-state index contributed by atoms with van der Waals surface area (Å²) in [6.45, 7) is 12.5. The standard InChI is InChI=1S/C25H28N2O3/c1-6-9-20-13-19(15-23(29-7-2)24(20)30-8-3)14-21(16-26)25(28)27-22-11-10-17(4)12-18(22)5/h6,10-15H,1,7-9H2,2-5H3,(H,27,28)/b21-14+. The molecule has 30 heavy (non-hydrogen) atoms. The van der Waals surface area contributed by atoms with E-state index in [4.69, 9.17) is 9.47 Å². The molecule has 0 fully saturated rings. The Morgan fingerprint density at radius 2 is 1.90 bits per heavy atom. The number of nitriles is 1. The molecular formula is C25H28N2O3. The molecule has 0 heterocycles. The van der Waals surface area contributed by atoms with E-state index in [-0.39, 0.29) is 5.57 Å². The molecule has 2 aromatic rings. The molecule has 0 atom stereocenters. The Balaban J connectivity index is 2.43. The fourth-order valence-corrected chi connectivity index (χ4v) is 3.10. The van der Waals surface area contributed by atoms with Crippen molar-refractivity contribution in [2.45, 2.75) is 34.1 Å². The third kappa shape index (κ3) is 5.74. The van der Waals surface area contributed by atoms with E-state index in [1.165, 1.54) is 0 Å². The quantitative estimate of drug-likeness (QED) is 0.346. The van der Waals surface area contributed by atoms with Gasteiger partial charge >= 0.3 is 0 Å². The van der Waals surface area contributed by atoms with Crippen LogP contribution in [0.1, 0.15) is 36.1 Å². The Bertz CT molecular complexity index is 1000. The van der Waals surface area contributed by atoms with Crippen LogP contribution in [-0.2, 0) is 11.2 Å². The first kappa shape index (κ1) is 22.8. The molecule has 0 bridgehead atoms. The minimum atomic E-state index is -0.457. The Morgan fingerprint density at radius 3 is 2.50 bits per heavy atom. The van der Waals surface area contributed by atoms with Gasteiger partial charge in [-0.25, -0.2) is 0 Å². The van der Waals surface area contributed by atoms with E-state index >= 15 is 0 Å². The van der Waals surface area contributed by atoms with Crippen LogP contribution < -0.4 is 14.8 Å². The number of aryl methyl sites for hydroxylation is 2. The fraction of sp³-hybridized carbons (Fsp3) is 0.280. The molecule has 2 aromatic carbocycles. The fourth-order valence-electron chi connectivity index (χ4n) is 3.10. The molecular weight excluding hydrogens is 376 g/mol. The van der Waals surface area contributed by atoms with E-state index in [0.29, 0.717) is 42.4 Å². The van der Waals surface area contributed by atoms with Gasteiger partial charge in [0, 0.05) is 11.3 Å². The Labute approximate surface area is 178 Å². The summed E-state index contributed by atoms with van der Waals surface area (Å²) in [4.78, 5) is 12.7. The van der Waals surface area contributed by atoms with Crippen LogP contribution in [-0.4, -0.2) is 19.1 Å². The van der Waals surface area contributed by atoms with E-state index in [2.05, 4.69) is 11.9 Å². The number of nitrogens with one attached hydrogen (secondary N) is 1. The topological polar surface area (TPSA) is 71.4 Å². The van der Waals surface area contributed by atoms with Gasteiger partial charge in [-0.3, -0.25) is 4.79 Å². The number of benzene rings is 2. The largest absolute Gasteiger partial charge is 0.490 e. The SMILES string of the molecule is C=CCc1cc(/C=C(\C#N)C(=O)Nc2ccc(C)cc2C)cc(OCC)c1OCC. The van der Waals surface area contributed by atoms with Gasteiger partial charge in [-0.1, -0.05) is 23.8 Å². The van der Waals surface area contributed by atoms with Gasteiger partial charge in [0.25, 0.3) is 5.91 Å². The van der Waals surface area contributed by atoms with Crippen molar-refractivity contribution < 1.29 is 14.3 Å². The maximum atomic E-state index is 12.7. The molecule has 1 N–H and O–H groups in total. The second kappa shape index (κ2) is 10.9. The Hall–Kier alpha value is -3.52. The second-order valence-corrected chi connectivity index (χ2v) is 6.81. The minimum absolute atomic E-state index is 0.00568. The van der Waals surface area contributed by atoms with Gasteiger partial charge in [-0.05, 0) is 69.5 Å². The number of hydrogen-bond donors (Lipinski definition) is 1. The lowest BCUT2D eigenvalue weighted by atomic mass is 10.0. The predicted molar refractivity (Wildman–Crippen MR) is 121 cm³/mol. The summed E-state index contributed by atoms with van der Waals surface area (Å²) in [5.74, 6) is 0.785. The number of carbonyl (C=O) groups excluding carboxylic acids is 1. The lowest BCUT2D eigenvalue weighted by Gasteiger charge is -2.16. The summed E-state index contributed by atoms with van der Waals surface area (Å²) < 4.78 is 11.5. The van der Waals surface area contributed by atoms with Crippen molar-refractivity contribution in [3.8, 4) is 17.6 Å². The summed E-state index contributed by atoms with van der Waals surface area (Å²) in [6, 6.07) is 11.4. The molecule has 0 saturated carbocycles. The van der Waals surface area contributed by atoms with Crippen LogP contribution in [0.5, 0.6) is 11.5 Å². The second-order valence-electron chi connectivity index (χ2n) is 6.81. The first-order chi connectivity index (χ1) is 14.4. The van der Waals surface area contributed by atoms with Crippen LogP contribution in [0.25, 0.3) is 6.08 Å². The number of ether oxygens (including phenoxy) is 2. The van der Waals surface area contributed by atoms with Gasteiger partial charge in [-0.15, -0.1) is 6.58 Å². The van der Waals surface area contributed by atoms with Crippen molar-refractivity contribution in [1.82, 2.24) is 0 Å². The third-order valence-electron chi connectivity index (χ3n) is 4.41. The van der Waals surface area contributed by atoms with Gasteiger partial charge in [0.2, 0.25) is 0 Å². The van der Waals surface area contributed by atoms with Gasteiger partial charge in [-0.2, -0.15) is 5.26 Å². The van der Waals surface area contributed by atoms with Crippen molar-refractivity contribution in [2.75, 3.05) is 18.5 Å². The normalized spacial score (nSPS) is 10.8. The van der Waals surface area contributed by atoms with Crippen LogP contribution in [0.3, 0.4) is 0 Å². The lowest BCUT2D eigenvalue weighted by molar-refractivity contribution is -0.112. The average molecular weight is 405 g/mol. The molecule has 156 valence electrons. The highest BCUT2D eigenvalue weighted by atomic mass is 16.5. The summed E-state index contributed by atoms with van der Waals surface area (Å²) in [7, 11) is 0. The average Bonchev–Trinajstić information content (AvgIpc) is 2.71. The maximum Gasteiger partial charge on any atom is 0.266 e. The van der Waals surface area contributed by atoms with Crippen molar-refractivity contribution in [1.29, 1.82) is 5.26 Å². The van der Waals surface area contributed by atoms with Crippen molar-refractivity contribution in [3.63, 3.8) is 0 Å². The highest BCUT2D eigenvalue weighted by molar-refractivity contribution is 6.10. The van der Waals surface area contributed by atoms with Gasteiger partial charge in [0.15, 0.2) is 11.5 Å². The number of allylic oxidation sites excluding steroid dienone is 1. The smallest absolute Gasteiger partial charge is 0.266 e. The number of amides is 1. The zero-order valence-corrected chi connectivity index (χ0v) is 18.0. The van der Waals surface area contributed by atoms with E-state index < -0.39 is 5.91 Å². The van der Waals surface area contributed by atoms with E-state index in [0.717, 1.165) is 16.7 Å². The van der Waals surface area contributed by atoms with Crippen molar-refractivity contribution in [2.24, 2.45) is 0 Å². The van der Waals surface area contributed by atoms with Crippen LogP contribution in [0.15, 0.2) is 48.6 Å². The van der Waals surface area contributed by atoms with Crippen LogP contribution in [0.4, 0.5) is 5.69 Å². The molecule has 0 aromatic heterocycles. The summed E-state index contributed by atoms with van der Waals surface area (Å²) in [5, 5.41) is 12.4. The highest BCUT2D eigenvalue weighted by Gasteiger charge is 2.15.